The van der Waals surface area contributed by atoms with E-state index in [1.165, 1.54) is 20.0 Å². The van der Waals surface area contributed by atoms with Gasteiger partial charge < -0.3 is 20.1 Å². The predicted molar refractivity (Wildman–Crippen MR) is 81.3 cm³/mol. The second kappa shape index (κ2) is 6.33. The Balaban J connectivity index is 1.93. The molecule has 2 atom stereocenters. The van der Waals surface area contributed by atoms with E-state index in [1.807, 2.05) is 0 Å². The fraction of sp³-hybridized carbons (Fsp3) is 0.571. The zero-order valence-electron chi connectivity index (χ0n) is 14.4. The van der Waals surface area contributed by atoms with E-state index >= 15 is 0 Å². The van der Waals surface area contributed by atoms with Crippen LogP contribution in [-0.4, -0.2) is 69.2 Å². The maximum absolute atomic E-state index is 14.1. The summed E-state index contributed by atoms with van der Waals surface area (Å²) >= 11 is 0. The van der Waals surface area contributed by atoms with E-state index in [1.54, 1.807) is 0 Å². The van der Waals surface area contributed by atoms with Crippen LogP contribution in [0.2, 0.25) is 0 Å². The van der Waals surface area contributed by atoms with Gasteiger partial charge in [-0.05, 0) is 13.8 Å². The number of H-pyrrole nitrogens is 1. The lowest BCUT2D eigenvalue weighted by Crippen LogP contribution is -2.49. The molecule has 2 bridgehead atoms. The number of esters is 1. The summed E-state index contributed by atoms with van der Waals surface area (Å²) in [6.07, 6.45) is -4.35. The highest BCUT2D eigenvalue weighted by molar-refractivity contribution is 5.81. The second-order valence-corrected chi connectivity index (χ2v) is 6.21. The fourth-order valence-corrected chi connectivity index (χ4v) is 3.27. The molecule has 0 radical (unpaired) electrons. The number of halogens is 2. The number of rotatable bonds is 6. The van der Waals surface area contributed by atoms with Crippen molar-refractivity contribution in [3.05, 3.63) is 17.5 Å². The summed E-state index contributed by atoms with van der Waals surface area (Å²) in [5, 5.41) is 17.9. The van der Waals surface area contributed by atoms with Crippen LogP contribution in [0.5, 0.6) is 0 Å². The Bertz CT molecular complexity index is 786. The van der Waals surface area contributed by atoms with Crippen molar-refractivity contribution in [2.24, 2.45) is 0 Å². The van der Waals surface area contributed by atoms with Crippen LogP contribution >= 0.6 is 0 Å². The minimum absolute atomic E-state index is 0.0662. The number of fused-ring (bicyclic) bond motifs is 4. The first-order valence-electron chi connectivity index (χ1n) is 7.97. The van der Waals surface area contributed by atoms with Gasteiger partial charge in [-0.15, -0.1) is 0 Å². The van der Waals surface area contributed by atoms with Crippen molar-refractivity contribution in [3.63, 3.8) is 0 Å². The average molecular weight is 389 g/mol. The summed E-state index contributed by atoms with van der Waals surface area (Å²) in [6, 6.07) is -1.74. The van der Waals surface area contributed by atoms with Crippen molar-refractivity contribution in [3.8, 4) is 0 Å². The summed E-state index contributed by atoms with van der Waals surface area (Å²) in [6.45, 7) is 2.29. The molecule has 27 heavy (non-hydrogen) atoms. The van der Waals surface area contributed by atoms with Crippen LogP contribution in [0.3, 0.4) is 0 Å². The van der Waals surface area contributed by atoms with E-state index in [4.69, 9.17) is 5.11 Å². The van der Waals surface area contributed by atoms with Gasteiger partial charge in [0.2, 0.25) is 0 Å². The molecular weight excluding hydrogens is 372 g/mol. The molecule has 2 aliphatic rings. The Morgan fingerprint density at radius 3 is 2.89 bits per heavy atom. The monoisotopic (exact) mass is 389 g/mol. The molecule has 3 N–H and O–H groups in total. The quantitative estimate of drug-likeness (QED) is 0.611. The summed E-state index contributed by atoms with van der Waals surface area (Å²) in [4.78, 5) is 40.6. The summed E-state index contributed by atoms with van der Waals surface area (Å²) in [7, 11) is 0. The molecule has 1 aromatic rings. The number of urea groups is 1. The molecule has 0 aromatic carbocycles. The molecule has 0 aliphatic carbocycles. The van der Waals surface area contributed by atoms with Crippen LogP contribution < -0.4 is 5.32 Å². The third kappa shape index (κ3) is 2.93. The first kappa shape index (κ1) is 18.8. The molecule has 3 amide bonds. The number of aromatic amines is 1. The first-order valence-corrected chi connectivity index (χ1v) is 7.97. The van der Waals surface area contributed by atoms with Gasteiger partial charge in [0.25, 0.3) is 0 Å². The van der Waals surface area contributed by atoms with Crippen LogP contribution in [0.15, 0.2) is 6.20 Å². The summed E-state index contributed by atoms with van der Waals surface area (Å²) < 4.78 is 32.5. The number of carboxylic acid groups (broad SMARTS) is 1. The molecular formula is C14H17F2N5O6. The highest BCUT2D eigenvalue weighted by Crippen LogP contribution is 2.47. The molecule has 2 aliphatic heterocycles. The first-order chi connectivity index (χ1) is 12.6. The van der Waals surface area contributed by atoms with Crippen molar-refractivity contribution < 1.29 is 37.8 Å². The van der Waals surface area contributed by atoms with Crippen molar-refractivity contribution in [1.29, 1.82) is 0 Å². The zero-order valence-corrected chi connectivity index (χ0v) is 14.4. The number of carbonyl (C=O) groups is 3. The lowest BCUT2D eigenvalue weighted by atomic mass is 9.87. The van der Waals surface area contributed by atoms with Crippen LogP contribution in [0.25, 0.3) is 0 Å². The highest BCUT2D eigenvalue weighted by Gasteiger charge is 2.61. The molecule has 0 saturated carbocycles. The number of alkyl halides is 2. The van der Waals surface area contributed by atoms with Crippen molar-refractivity contribution in [2.45, 2.75) is 31.5 Å². The Morgan fingerprint density at radius 2 is 2.26 bits per heavy atom. The zero-order chi connectivity index (χ0) is 20.0. The smallest absolute Gasteiger partial charge is 0.465 e. The van der Waals surface area contributed by atoms with Crippen LogP contribution in [0, 0.1) is 0 Å². The predicted octanol–water partition coefficient (Wildman–Crippen LogP) is 0.772. The van der Waals surface area contributed by atoms with E-state index in [-0.39, 0.29) is 19.7 Å². The number of hydroxylamine groups is 2. The number of carbonyl (C=O) groups excluding carboxylic acids is 2. The Hall–Kier alpha value is -2.96. The van der Waals surface area contributed by atoms with E-state index in [9.17, 15) is 23.2 Å². The third-order valence-corrected chi connectivity index (χ3v) is 4.47. The van der Waals surface area contributed by atoms with Crippen molar-refractivity contribution >= 4 is 18.1 Å². The maximum atomic E-state index is 14.1. The number of nitrogens with zero attached hydrogens (tertiary/aromatic N) is 3. The number of ether oxygens (including phenoxy) is 1. The van der Waals surface area contributed by atoms with E-state index in [0.29, 0.717) is 16.3 Å². The lowest BCUT2D eigenvalue weighted by molar-refractivity contribution is -0.341. The van der Waals surface area contributed by atoms with E-state index in [0.717, 1.165) is 4.90 Å². The molecule has 3 heterocycles. The highest BCUT2D eigenvalue weighted by atomic mass is 19.3. The SMILES string of the molecule is CCOC(=O)C(F)(F)ON1C(=O)N2C[C@]1(C)c1cn[nH]c1C2CNC(=O)O. The van der Waals surface area contributed by atoms with Gasteiger partial charge in [-0.25, -0.2) is 14.4 Å². The number of nitrogens with one attached hydrogen (secondary N) is 2. The largest absolute Gasteiger partial charge is 0.477 e. The van der Waals surface area contributed by atoms with Gasteiger partial charge in [0.15, 0.2) is 0 Å². The number of hydrogen-bond acceptors (Lipinski definition) is 6. The molecule has 1 aromatic heterocycles. The Labute approximate surface area is 151 Å². The van der Waals surface area contributed by atoms with Gasteiger partial charge in [0.1, 0.15) is 5.54 Å². The van der Waals surface area contributed by atoms with Crippen LogP contribution in [0.1, 0.15) is 31.1 Å². The van der Waals surface area contributed by atoms with Gasteiger partial charge in [0, 0.05) is 12.1 Å². The number of amides is 3. The Morgan fingerprint density at radius 1 is 1.56 bits per heavy atom. The van der Waals surface area contributed by atoms with Crippen molar-refractivity contribution in [1.82, 2.24) is 25.5 Å². The summed E-state index contributed by atoms with van der Waals surface area (Å²) in [5.74, 6) is -1.92. The van der Waals surface area contributed by atoms with Crippen molar-refractivity contribution in [2.75, 3.05) is 19.7 Å². The lowest BCUT2D eigenvalue weighted by Gasteiger charge is -2.36. The molecule has 13 heteroatoms. The maximum Gasteiger partial charge on any atom is 0.477 e. The van der Waals surface area contributed by atoms with Gasteiger partial charge in [-0.2, -0.15) is 23.8 Å². The van der Waals surface area contributed by atoms with Gasteiger partial charge in [-0.3, -0.25) is 5.10 Å². The molecule has 0 spiro atoms. The molecule has 1 fully saturated rings. The number of aromatic nitrogens is 2. The minimum atomic E-state index is -4.38. The minimum Gasteiger partial charge on any atom is -0.465 e. The standard InChI is InChI=1S/C14H17F2N5O6/c1-3-26-10(22)14(15,16)27-21-12(25)20-6-13(21,2)7-4-18-19-9(7)8(20)5-17-11(23)24/h4,8,17H,3,5-6H2,1-2H3,(H,18,19)(H,23,24)/t8?,13-/m1/s1. The average Bonchev–Trinajstić information content (AvgIpc) is 3.15. The normalized spacial score (nSPS) is 24.0. The van der Waals surface area contributed by atoms with Crippen LogP contribution in [-0.2, 0) is 19.9 Å². The topological polar surface area (TPSA) is 137 Å². The second-order valence-electron chi connectivity index (χ2n) is 6.21. The molecule has 11 nitrogen and oxygen atoms in total. The molecule has 3 rings (SSSR count). The third-order valence-electron chi connectivity index (χ3n) is 4.47. The van der Waals surface area contributed by atoms with Crippen LogP contribution in [0.4, 0.5) is 18.4 Å². The van der Waals surface area contributed by atoms with E-state index < -0.39 is 35.8 Å². The molecule has 148 valence electrons. The van der Waals surface area contributed by atoms with Gasteiger partial charge >= 0.3 is 24.2 Å². The molecule has 1 unspecified atom stereocenters. The molecule has 1 saturated heterocycles. The summed E-state index contributed by atoms with van der Waals surface area (Å²) in [5.41, 5.74) is -0.604. The van der Waals surface area contributed by atoms with Gasteiger partial charge in [-0.1, -0.05) is 0 Å². The van der Waals surface area contributed by atoms with E-state index in [2.05, 4.69) is 25.1 Å². The Kier molecular flexibility index (Phi) is 4.41. The van der Waals surface area contributed by atoms with Gasteiger partial charge in [0.05, 0.1) is 31.1 Å². The number of hydrogen-bond donors (Lipinski definition) is 3. The fourth-order valence-electron chi connectivity index (χ4n) is 3.27.